The van der Waals surface area contributed by atoms with E-state index in [1.165, 1.54) is 0 Å². The van der Waals surface area contributed by atoms with Gasteiger partial charge in [0.2, 0.25) is 5.91 Å². The highest BCUT2D eigenvalue weighted by Crippen LogP contribution is 2.28. The van der Waals surface area contributed by atoms with Crippen molar-refractivity contribution in [1.29, 1.82) is 0 Å². The van der Waals surface area contributed by atoms with Crippen LogP contribution in [0.1, 0.15) is 11.1 Å². The largest absolute Gasteiger partial charge is 0.506 e. The van der Waals surface area contributed by atoms with Crippen LogP contribution in [0.2, 0.25) is 5.02 Å². The van der Waals surface area contributed by atoms with Gasteiger partial charge in [-0.3, -0.25) is 4.79 Å². The lowest BCUT2D eigenvalue weighted by Crippen LogP contribution is -2.20. The summed E-state index contributed by atoms with van der Waals surface area (Å²) in [5, 5.41) is 16.1. The third kappa shape index (κ3) is 3.89. The van der Waals surface area contributed by atoms with Crippen LogP contribution >= 0.6 is 11.6 Å². The molecule has 3 N–H and O–H groups in total. The molecule has 0 aliphatic heterocycles. The smallest absolute Gasteiger partial charge is 0.224 e. The molecule has 0 saturated heterocycles. The van der Waals surface area contributed by atoms with E-state index >= 15 is 0 Å². The molecule has 4 nitrogen and oxygen atoms in total. The molecule has 0 fully saturated rings. The minimum absolute atomic E-state index is 0.0464. The normalized spacial score (nSPS) is 10.2. The van der Waals surface area contributed by atoms with Gasteiger partial charge in [0.1, 0.15) is 5.75 Å². The predicted octanol–water partition coefficient (Wildman–Crippen LogP) is 2.95. The Hall–Kier alpha value is -2.20. The highest BCUT2D eigenvalue weighted by molar-refractivity contribution is 6.32. The monoisotopic (exact) mass is 304 g/mol. The molecule has 0 saturated carbocycles. The molecule has 0 aromatic heterocycles. The molecular weight excluding hydrogens is 288 g/mol. The first kappa shape index (κ1) is 15.2. The summed E-state index contributed by atoms with van der Waals surface area (Å²) in [5.41, 5.74) is 2.47. The van der Waals surface area contributed by atoms with Crippen LogP contribution in [0.4, 0.5) is 5.69 Å². The maximum atomic E-state index is 11.5. The summed E-state index contributed by atoms with van der Waals surface area (Å²) in [5.74, 6) is 0.0327. The minimum atomic E-state index is -0.0464. The Morgan fingerprint density at radius 2 is 1.86 bits per heavy atom. The van der Waals surface area contributed by atoms with Gasteiger partial charge in [-0.2, -0.15) is 0 Å². The molecule has 5 heteroatoms. The average molecular weight is 305 g/mol. The number of nitrogens with one attached hydrogen (secondary N) is 2. The van der Waals surface area contributed by atoms with Gasteiger partial charge in [0.15, 0.2) is 0 Å². The number of rotatable bonds is 5. The van der Waals surface area contributed by atoms with Gasteiger partial charge in [0.25, 0.3) is 0 Å². The van der Waals surface area contributed by atoms with E-state index in [0.29, 0.717) is 23.6 Å². The fourth-order valence-corrected chi connectivity index (χ4v) is 2.20. The first-order chi connectivity index (χ1) is 10.1. The number of likely N-dealkylation sites (N-methyl/N-ethyl adjacent to an activating group) is 1. The van der Waals surface area contributed by atoms with Crippen molar-refractivity contribution in [2.24, 2.45) is 0 Å². The number of phenolic OH excluding ortho intramolecular Hbond substituents is 1. The van der Waals surface area contributed by atoms with Gasteiger partial charge in [0, 0.05) is 24.8 Å². The summed E-state index contributed by atoms with van der Waals surface area (Å²) in [6.45, 7) is 0.428. The SMILES string of the molecule is CNC(=O)Cc1ccccc1NCc1cccc(Cl)c1O. The number of halogens is 1. The Morgan fingerprint density at radius 1 is 1.14 bits per heavy atom. The van der Waals surface area contributed by atoms with E-state index in [2.05, 4.69) is 10.6 Å². The van der Waals surface area contributed by atoms with Crippen LogP contribution in [0.15, 0.2) is 42.5 Å². The second-order valence-corrected chi connectivity index (χ2v) is 5.02. The lowest BCUT2D eigenvalue weighted by atomic mass is 10.1. The molecule has 0 spiro atoms. The Bertz CT molecular complexity index is 644. The van der Waals surface area contributed by atoms with Crippen LogP contribution in [-0.4, -0.2) is 18.1 Å². The van der Waals surface area contributed by atoms with Crippen molar-refractivity contribution in [1.82, 2.24) is 5.32 Å². The van der Waals surface area contributed by atoms with E-state index in [4.69, 9.17) is 11.6 Å². The number of amides is 1. The van der Waals surface area contributed by atoms with Gasteiger partial charge < -0.3 is 15.7 Å². The van der Waals surface area contributed by atoms with E-state index in [0.717, 1.165) is 11.3 Å². The fraction of sp³-hybridized carbons (Fsp3) is 0.188. The minimum Gasteiger partial charge on any atom is -0.506 e. The Labute approximate surface area is 128 Å². The number of benzene rings is 2. The molecule has 2 aromatic rings. The van der Waals surface area contributed by atoms with Crippen LogP contribution < -0.4 is 10.6 Å². The quantitative estimate of drug-likeness (QED) is 0.796. The summed E-state index contributed by atoms with van der Waals surface area (Å²) in [6.07, 6.45) is 0.307. The standard InChI is InChI=1S/C16H17ClN2O2/c1-18-15(20)9-11-5-2-3-8-14(11)19-10-12-6-4-7-13(17)16(12)21/h2-8,19,21H,9-10H2,1H3,(H,18,20). The van der Waals surface area contributed by atoms with Gasteiger partial charge in [-0.1, -0.05) is 41.9 Å². The van der Waals surface area contributed by atoms with E-state index in [-0.39, 0.29) is 11.7 Å². The van der Waals surface area contributed by atoms with Crippen molar-refractivity contribution in [2.75, 3.05) is 12.4 Å². The second kappa shape index (κ2) is 6.99. The van der Waals surface area contributed by atoms with Gasteiger partial charge in [-0.25, -0.2) is 0 Å². The summed E-state index contributed by atoms with van der Waals surface area (Å²) in [6, 6.07) is 12.8. The predicted molar refractivity (Wildman–Crippen MR) is 84.7 cm³/mol. The summed E-state index contributed by atoms with van der Waals surface area (Å²) in [7, 11) is 1.61. The van der Waals surface area contributed by atoms with Crippen LogP contribution in [0.5, 0.6) is 5.75 Å². The molecule has 2 rings (SSSR count). The van der Waals surface area contributed by atoms with Crippen LogP contribution in [0, 0.1) is 0 Å². The summed E-state index contributed by atoms with van der Waals surface area (Å²) >= 11 is 5.88. The number of hydrogen-bond acceptors (Lipinski definition) is 3. The number of hydrogen-bond donors (Lipinski definition) is 3. The summed E-state index contributed by atoms with van der Waals surface area (Å²) < 4.78 is 0. The molecule has 0 radical (unpaired) electrons. The zero-order valence-electron chi connectivity index (χ0n) is 11.7. The maximum absolute atomic E-state index is 11.5. The zero-order chi connectivity index (χ0) is 15.2. The van der Waals surface area contributed by atoms with E-state index in [9.17, 15) is 9.90 Å². The zero-order valence-corrected chi connectivity index (χ0v) is 12.4. The molecule has 0 unspecified atom stereocenters. The maximum Gasteiger partial charge on any atom is 0.224 e. The molecule has 1 amide bonds. The van der Waals surface area contributed by atoms with Gasteiger partial charge in [0.05, 0.1) is 11.4 Å². The van der Waals surface area contributed by atoms with Crippen molar-refractivity contribution >= 4 is 23.2 Å². The fourth-order valence-electron chi connectivity index (χ4n) is 2.00. The molecule has 2 aromatic carbocycles. The molecule has 0 aliphatic rings. The third-order valence-corrected chi connectivity index (χ3v) is 3.49. The van der Waals surface area contributed by atoms with Gasteiger partial charge >= 0.3 is 0 Å². The molecule has 0 bridgehead atoms. The lowest BCUT2D eigenvalue weighted by molar-refractivity contribution is -0.119. The second-order valence-electron chi connectivity index (χ2n) is 4.61. The first-order valence-corrected chi connectivity index (χ1v) is 6.98. The van der Waals surface area contributed by atoms with Crippen molar-refractivity contribution in [2.45, 2.75) is 13.0 Å². The molecule has 0 heterocycles. The number of carbonyl (C=O) groups excluding carboxylic acids is 1. The topological polar surface area (TPSA) is 61.4 Å². The number of anilines is 1. The van der Waals surface area contributed by atoms with E-state index < -0.39 is 0 Å². The van der Waals surface area contributed by atoms with E-state index in [1.807, 2.05) is 24.3 Å². The third-order valence-electron chi connectivity index (χ3n) is 3.19. The number of carbonyl (C=O) groups is 1. The van der Waals surface area contributed by atoms with Crippen LogP contribution in [0.25, 0.3) is 0 Å². The van der Waals surface area contributed by atoms with Crippen molar-refractivity contribution < 1.29 is 9.90 Å². The average Bonchev–Trinajstić information content (AvgIpc) is 2.50. The summed E-state index contributed by atoms with van der Waals surface area (Å²) in [4.78, 5) is 11.5. The molecule has 0 aliphatic carbocycles. The van der Waals surface area contributed by atoms with Crippen molar-refractivity contribution in [3.05, 3.63) is 58.6 Å². The highest BCUT2D eigenvalue weighted by Gasteiger charge is 2.08. The Kier molecular flexibility index (Phi) is 5.06. The number of para-hydroxylation sites is 2. The lowest BCUT2D eigenvalue weighted by Gasteiger charge is -2.13. The number of aromatic hydroxyl groups is 1. The van der Waals surface area contributed by atoms with Crippen LogP contribution in [-0.2, 0) is 17.8 Å². The van der Waals surface area contributed by atoms with E-state index in [1.54, 1.807) is 25.2 Å². The van der Waals surface area contributed by atoms with Gasteiger partial charge in [-0.05, 0) is 17.7 Å². The van der Waals surface area contributed by atoms with Crippen molar-refractivity contribution in [3.8, 4) is 5.75 Å². The molecule has 0 atom stereocenters. The Morgan fingerprint density at radius 3 is 2.62 bits per heavy atom. The van der Waals surface area contributed by atoms with Gasteiger partial charge in [-0.15, -0.1) is 0 Å². The molecular formula is C16H17ClN2O2. The molecule has 110 valence electrons. The Balaban J connectivity index is 2.13. The van der Waals surface area contributed by atoms with Crippen molar-refractivity contribution in [3.63, 3.8) is 0 Å². The highest BCUT2D eigenvalue weighted by atomic mass is 35.5. The van der Waals surface area contributed by atoms with Crippen LogP contribution in [0.3, 0.4) is 0 Å². The number of phenols is 1. The molecule has 21 heavy (non-hydrogen) atoms. The first-order valence-electron chi connectivity index (χ1n) is 6.60.